The number of tetrazole rings is 1. The zero-order chi connectivity index (χ0) is 12.8. The van der Waals surface area contributed by atoms with Crippen molar-refractivity contribution < 1.29 is 4.74 Å². The Morgan fingerprint density at radius 2 is 2.06 bits per heavy atom. The molecule has 0 bridgehead atoms. The van der Waals surface area contributed by atoms with Gasteiger partial charge in [-0.1, -0.05) is 12.1 Å². The van der Waals surface area contributed by atoms with E-state index in [1.807, 2.05) is 12.1 Å². The largest absolute Gasteiger partial charge is 0.497 e. The average molecular weight is 247 g/mol. The minimum atomic E-state index is 0.643. The minimum absolute atomic E-state index is 0.643. The fraction of sp³-hybridized carbons (Fsp3) is 0.417. The van der Waals surface area contributed by atoms with Crippen molar-refractivity contribution >= 4 is 0 Å². The van der Waals surface area contributed by atoms with Crippen LogP contribution < -0.4 is 10.1 Å². The molecule has 2 rings (SSSR count). The topological polar surface area (TPSA) is 64.9 Å². The molecule has 0 fully saturated rings. The summed E-state index contributed by atoms with van der Waals surface area (Å²) in [5.41, 5.74) is 1.27. The SMILES string of the molecule is COc1ccc(CCNCc2nnn(C)n2)cc1. The first-order chi connectivity index (χ1) is 8.78. The number of aryl methyl sites for hydroxylation is 1. The van der Waals surface area contributed by atoms with Crippen molar-refractivity contribution in [1.82, 2.24) is 25.5 Å². The molecule has 0 amide bonds. The number of ether oxygens (including phenoxy) is 1. The molecule has 0 saturated carbocycles. The normalized spacial score (nSPS) is 10.6. The van der Waals surface area contributed by atoms with Crippen LogP contribution in [0.2, 0.25) is 0 Å². The van der Waals surface area contributed by atoms with Crippen molar-refractivity contribution in [2.45, 2.75) is 13.0 Å². The molecule has 0 aliphatic heterocycles. The second-order valence-corrected chi connectivity index (χ2v) is 3.97. The lowest BCUT2D eigenvalue weighted by molar-refractivity contribution is 0.414. The quantitative estimate of drug-likeness (QED) is 0.755. The number of nitrogens with zero attached hydrogens (tertiary/aromatic N) is 4. The molecule has 2 aromatic rings. The summed E-state index contributed by atoms with van der Waals surface area (Å²) in [6, 6.07) is 8.08. The van der Waals surface area contributed by atoms with Gasteiger partial charge in [-0.25, -0.2) is 0 Å². The minimum Gasteiger partial charge on any atom is -0.497 e. The van der Waals surface area contributed by atoms with Crippen LogP contribution in [0, 0.1) is 0 Å². The molecule has 0 aliphatic carbocycles. The summed E-state index contributed by atoms with van der Waals surface area (Å²) in [6.07, 6.45) is 0.963. The summed E-state index contributed by atoms with van der Waals surface area (Å²) in [5, 5.41) is 15.1. The second-order valence-electron chi connectivity index (χ2n) is 3.97. The lowest BCUT2D eigenvalue weighted by Crippen LogP contribution is -2.17. The van der Waals surface area contributed by atoms with E-state index >= 15 is 0 Å². The van der Waals surface area contributed by atoms with Crippen molar-refractivity contribution in [3.8, 4) is 5.75 Å². The van der Waals surface area contributed by atoms with Gasteiger partial charge < -0.3 is 10.1 Å². The predicted octanol–water partition coefficient (Wildman–Crippen LogP) is 0.551. The predicted molar refractivity (Wildman–Crippen MR) is 67.2 cm³/mol. The van der Waals surface area contributed by atoms with E-state index in [1.54, 1.807) is 14.2 Å². The van der Waals surface area contributed by atoms with E-state index < -0.39 is 0 Å². The molecule has 1 aromatic carbocycles. The molecule has 0 atom stereocenters. The number of rotatable bonds is 6. The Morgan fingerprint density at radius 1 is 1.28 bits per heavy atom. The van der Waals surface area contributed by atoms with E-state index in [1.165, 1.54) is 10.4 Å². The monoisotopic (exact) mass is 247 g/mol. The Bertz CT molecular complexity index is 479. The van der Waals surface area contributed by atoms with E-state index in [0.29, 0.717) is 12.4 Å². The van der Waals surface area contributed by atoms with Gasteiger partial charge in [0.1, 0.15) is 5.75 Å². The van der Waals surface area contributed by atoms with Crippen LogP contribution in [-0.2, 0) is 20.0 Å². The van der Waals surface area contributed by atoms with Crippen LogP contribution in [-0.4, -0.2) is 33.9 Å². The molecule has 18 heavy (non-hydrogen) atoms. The van der Waals surface area contributed by atoms with Crippen molar-refractivity contribution in [1.29, 1.82) is 0 Å². The molecule has 96 valence electrons. The van der Waals surface area contributed by atoms with E-state index in [2.05, 4.69) is 32.9 Å². The summed E-state index contributed by atoms with van der Waals surface area (Å²) < 4.78 is 5.11. The van der Waals surface area contributed by atoms with Gasteiger partial charge in [0.15, 0.2) is 5.82 Å². The average Bonchev–Trinajstić information content (AvgIpc) is 2.81. The Balaban J connectivity index is 1.71. The molecule has 1 aromatic heterocycles. The lowest BCUT2D eigenvalue weighted by Gasteiger charge is -2.04. The van der Waals surface area contributed by atoms with Crippen LogP contribution in [0.15, 0.2) is 24.3 Å². The van der Waals surface area contributed by atoms with Crippen LogP contribution in [0.5, 0.6) is 5.75 Å². The zero-order valence-electron chi connectivity index (χ0n) is 10.6. The molecular weight excluding hydrogens is 230 g/mol. The molecule has 1 heterocycles. The van der Waals surface area contributed by atoms with E-state index in [0.717, 1.165) is 18.7 Å². The molecular formula is C12H17N5O. The van der Waals surface area contributed by atoms with Crippen molar-refractivity contribution in [2.75, 3.05) is 13.7 Å². The van der Waals surface area contributed by atoms with Gasteiger partial charge in [-0.3, -0.25) is 0 Å². The van der Waals surface area contributed by atoms with Gasteiger partial charge in [0.2, 0.25) is 0 Å². The first-order valence-electron chi connectivity index (χ1n) is 5.84. The van der Waals surface area contributed by atoms with Crippen LogP contribution in [0.25, 0.3) is 0 Å². The smallest absolute Gasteiger partial charge is 0.188 e. The Kier molecular flexibility index (Phi) is 4.25. The summed E-state index contributed by atoms with van der Waals surface area (Å²) in [5.74, 6) is 1.60. The third kappa shape index (κ3) is 3.53. The molecule has 0 saturated heterocycles. The highest BCUT2D eigenvalue weighted by Crippen LogP contribution is 2.11. The highest BCUT2D eigenvalue weighted by Gasteiger charge is 1.99. The molecule has 0 unspecified atom stereocenters. The van der Waals surface area contributed by atoms with Gasteiger partial charge >= 0.3 is 0 Å². The lowest BCUT2D eigenvalue weighted by atomic mass is 10.1. The summed E-state index contributed by atoms with van der Waals surface area (Å²) in [4.78, 5) is 1.46. The van der Waals surface area contributed by atoms with Crippen LogP contribution >= 0.6 is 0 Å². The highest BCUT2D eigenvalue weighted by atomic mass is 16.5. The van der Waals surface area contributed by atoms with Crippen LogP contribution in [0.4, 0.5) is 0 Å². The van der Waals surface area contributed by atoms with E-state index in [4.69, 9.17) is 4.74 Å². The molecule has 0 radical (unpaired) electrons. The van der Waals surface area contributed by atoms with Crippen LogP contribution in [0.3, 0.4) is 0 Å². The molecule has 6 nitrogen and oxygen atoms in total. The number of hydrogen-bond acceptors (Lipinski definition) is 5. The summed E-state index contributed by atoms with van der Waals surface area (Å²) in [6.45, 7) is 1.52. The summed E-state index contributed by atoms with van der Waals surface area (Å²) >= 11 is 0. The first-order valence-corrected chi connectivity index (χ1v) is 5.84. The molecule has 1 N–H and O–H groups in total. The molecule has 0 aliphatic rings. The van der Waals surface area contributed by atoms with E-state index in [-0.39, 0.29) is 0 Å². The van der Waals surface area contributed by atoms with Crippen LogP contribution in [0.1, 0.15) is 11.4 Å². The fourth-order valence-corrected chi connectivity index (χ4v) is 1.62. The number of nitrogens with one attached hydrogen (secondary N) is 1. The van der Waals surface area contributed by atoms with Crippen molar-refractivity contribution in [2.24, 2.45) is 7.05 Å². The van der Waals surface area contributed by atoms with Gasteiger partial charge in [-0.05, 0) is 35.9 Å². The van der Waals surface area contributed by atoms with Gasteiger partial charge in [0.25, 0.3) is 0 Å². The fourth-order valence-electron chi connectivity index (χ4n) is 1.62. The Hall–Kier alpha value is -1.95. The first kappa shape index (κ1) is 12.5. The van der Waals surface area contributed by atoms with Gasteiger partial charge in [0.05, 0.1) is 20.7 Å². The second kappa shape index (κ2) is 6.11. The standard InChI is InChI=1S/C12H17N5O/c1-17-15-12(14-16-17)9-13-8-7-10-3-5-11(18-2)6-4-10/h3-6,13H,7-9H2,1-2H3. The Labute approximate surface area is 106 Å². The summed E-state index contributed by atoms with van der Waals surface area (Å²) in [7, 11) is 3.43. The van der Waals surface area contributed by atoms with Crippen molar-refractivity contribution in [3.05, 3.63) is 35.7 Å². The van der Waals surface area contributed by atoms with Crippen molar-refractivity contribution in [3.63, 3.8) is 0 Å². The number of hydrogen-bond donors (Lipinski definition) is 1. The van der Waals surface area contributed by atoms with Gasteiger partial charge in [-0.2, -0.15) is 4.80 Å². The maximum Gasteiger partial charge on any atom is 0.188 e. The number of benzene rings is 1. The third-order valence-corrected chi connectivity index (χ3v) is 2.58. The number of methoxy groups -OCH3 is 1. The van der Waals surface area contributed by atoms with Gasteiger partial charge in [0, 0.05) is 0 Å². The third-order valence-electron chi connectivity index (χ3n) is 2.58. The number of aromatic nitrogens is 4. The maximum atomic E-state index is 5.11. The maximum absolute atomic E-state index is 5.11. The molecule has 0 spiro atoms. The molecule has 6 heteroatoms. The Morgan fingerprint density at radius 3 is 2.67 bits per heavy atom. The van der Waals surface area contributed by atoms with Gasteiger partial charge in [-0.15, -0.1) is 10.2 Å². The highest BCUT2D eigenvalue weighted by molar-refractivity contribution is 5.27. The zero-order valence-corrected chi connectivity index (χ0v) is 10.6. The van der Waals surface area contributed by atoms with E-state index in [9.17, 15) is 0 Å².